The van der Waals surface area contributed by atoms with Crippen LogP contribution in [0.2, 0.25) is 0 Å². The van der Waals surface area contributed by atoms with Gasteiger partial charge < -0.3 is 10.2 Å². The van der Waals surface area contributed by atoms with E-state index in [9.17, 15) is 4.79 Å². The van der Waals surface area contributed by atoms with Crippen LogP contribution in [0.15, 0.2) is 24.3 Å². The molecule has 0 heterocycles. The molecule has 0 saturated carbocycles. The predicted molar refractivity (Wildman–Crippen MR) is 215 cm³/mol. The Hall–Kier alpha value is -1.25. The van der Waals surface area contributed by atoms with Crippen LogP contribution < -0.4 is 5.32 Å². The quantitative estimate of drug-likeness (QED) is 0.0669. The van der Waals surface area contributed by atoms with Crippen molar-refractivity contribution >= 4 is 6.03 Å². The molecule has 0 saturated heterocycles. The fraction of sp³-hybridized carbons (Fsp3) is 0.889. The Morgan fingerprint density at radius 1 is 0.521 bits per heavy atom. The number of carbonyl (C=O) groups excluding carboxylic acids is 1. The maximum absolute atomic E-state index is 13.5. The summed E-state index contributed by atoms with van der Waals surface area (Å²) in [7, 11) is 0. The zero-order valence-corrected chi connectivity index (χ0v) is 33.3. The van der Waals surface area contributed by atoms with Crippen LogP contribution in [0.25, 0.3) is 0 Å². The van der Waals surface area contributed by atoms with Crippen LogP contribution in [0.3, 0.4) is 0 Å². The second-order valence-corrected chi connectivity index (χ2v) is 15.7. The zero-order chi connectivity index (χ0) is 34.8. The van der Waals surface area contributed by atoms with Gasteiger partial charge in [0.05, 0.1) is 5.54 Å². The Kier molecular flexibility index (Phi) is 30.7. The van der Waals surface area contributed by atoms with Crippen molar-refractivity contribution in [3.05, 3.63) is 24.3 Å². The Bertz CT molecular complexity index is 760. The summed E-state index contributed by atoms with van der Waals surface area (Å²) < 4.78 is 0. The smallest absolute Gasteiger partial charge is 0.318 e. The van der Waals surface area contributed by atoms with E-state index >= 15 is 0 Å². The highest BCUT2D eigenvalue weighted by atomic mass is 16.2. The number of allylic oxidation sites excluding steroid dienone is 2. The van der Waals surface area contributed by atoms with Crippen molar-refractivity contribution in [2.24, 2.45) is 5.92 Å². The molecule has 0 fully saturated rings. The monoisotopic (exact) mass is 671 g/mol. The van der Waals surface area contributed by atoms with Crippen molar-refractivity contribution in [1.29, 1.82) is 0 Å². The number of rotatable bonds is 35. The molecule has 2 amide bonds. The molecular formula is C45H86N2O. The molecule has 1 N–H and O–H groups in total. The lowest BCUT2D eigenvalue weighted by atomic mass is 9.82. The first-order chi connectivity index (χ1) is 23.6. The molecule has 0 spiro atoms. The Balaban J connectivity index is 2.12. The normalized spacial score (nSPS) is 17.3. The van der Waals surface area contributed by atoms with Gasteiger partial charge in [-0.1, -0.05) is 238 Å². The third-order valence-corrected chi connectivity index (χ3v) is 11.2. The van der Waals surface area contributed by atoms with Gasteiger partial charge in [-0.15, -0.1) is 0 Å². The summed E-state index contributed by atoms with van der Waals surface area (Å²) in [6, 6.07) is 0.131. The summed E-state index contributed by atoms with van der Waals surface area (Å²) in [5.41, 5.74) is -0.247. The maximum atomic E-state index is 13.5. The highest BCUT2D eigenvalue weighted by Crippen LogP contribution is 2.31. The van der Waals surface area contributed by atoms with Crippen LogP contribution in [0.4, 0.5) is 4.79 Å². The summed E-state index contributed by atoms with van der Waals surface area (Å²) in [4.78, 5) is 15.6. The van der Waals surface area contributed by atoms with E-state index in [2.05, 4.69) is 62.2 Å². The van der Waals surface area contributed by atoms with E-state index in [-0.39, 0.29) is 11.6 Å². The number of nitrogens with one attached hydrogen (secondary N) is 1. The molecule has 1 aliphatic rings. The van der Waals surface area contributed by atoms with Crippen molar-refractivity contribution < 1.29 is 4.79 Å². The van der Waals surface area contributed by atoms with Crippen molar-refractivity contribution in [2.45, 2.75) is 239 Å². The highest BCUT2D eigenvalue weighted by Gasteiger charge is 2.37. The molecular weight excluding hydrogens is 585 g/mol. The largest absolute Gasteiger partial charge is 0.338 e. The van der Waals surface area contributed by atoms with Crippen molar-refractivity contribution in [1.82, 2.24) is 10.2 Å². The third kappa shape index (κ3) is 24.0. The lowest BCUT2D eigenvalue weighted by molar-refractivity contribution is 0.126. The first-order valence-corrected chi connectivity index (χ1v) is 22.0. The van der Waals surface area contributed by atoms with Crippen LogP contribution in [-0.2, 0) is 0 Å². The van der Waals surface area contributed by atoms with Crippen molar-refractivity contribution in [3.8, 4) is 0 Å². The van der Waals surface area contributed by atoms with E-state index in [4.69, 9.17) is 0 Å². The SMILES string of the molecule is CCCCCCCCCCCCCCCCCCNC(=O)N(CCCCCCCCCCCCCCCCCC)C1(C)C=CC=CC1C. The molecule has 0 aromatic heterocycles. The van der Waals surface area contributed by atoms with Gasteiger partial charge in [0, 0.05) is 19.0 Å². The van der Waals surface area contributed by atoms with Gasteiger partial charge in [-0.05, 0) is 19.8 Å². The number of hydrogen-bond acceptors (Lipinski definition) is 1. The van der Waals surface area contributed by atoms with Gasteiger partial charge in [0.1, 0.15) is 0 Å². The summed E-state index contributed by atoms with van der Waals surface area (Å²) in [6.45, 7) is 10.7. The lowest BCUT2D eigenvalue weighted by Crippen LogP contribution is -2.56. The van der Waals surface area contributed by atoms with Crippen LogP contribution in [0, 0.1) is 5.92 Å². The molecule has 1 aliphatic carbocycles. The highest BCUT2D eigenvalue weighted by molar-refractivity contribution is 5.75. The molecule has 282 valence electrons. The molecule has 48 heavy (non-hydrogen) atoms. The van der Waals surface area contributed by atoms with Crippen molar-refractivity contribution in [3.63, 3.8) is 0 Å². The standard InChI is InChI=1S/C45H86N2O/c1-5-7-9-11-13-15-17-19-21-23-25-27-29-31-33-37-41-46-44(48)47(45(4)40-36-35-39-43(45)3)42-38-34-32-30-28-26-24-22-20-18-16-14-12-10-8-6-2/h35-36,39-40,43H,5-34,37-38,41-42H2,1-4H3,(H,46,48). The summed E-state index contributed by atoms with van der Waals surface area (Å²) in [5.74, 6) is 0.324. The van der Waals surface area contributed by atoms with Crippen LogP contribution >= 0.6 is 0 Å². The second kappa shape index (κ2) is 32.9. The number of carbonyl (C=O) groups is 1. The molecule has 3 heteroatoms. The predicted octanol–water partition coefficient (Wildman–Crippen LogP) is 15.0. The first kappa shape index (κ1) is 44.8. The lowest BCUT2D eigenvalue weighted by Gasteiger charge is -2.44. The van der Waals surface area contributed by atoms with E-state index in [1.807, 2.05) is 0 Å². The molecule has 0 bridgehead atoms. The molecule has 0 aliphatic heterocycles. The summed E-state index contributed by atoms with van der Waals surface area (Å²) >= 11 is 0. The van der Waals surface area contributed by atoms with Gasteiger partial charge in [0.15, 0.2) is 0 Å². The minimum atomic E-state index is -0.247. The summed E-state index contributed by atoms with van der Waals surface area (Å²) in [6.07, 6.45) is 52.8. The Morgan fingerprint density at radius 3 is 1.21 bits per heavy atom. The number of amides is 2. The van der Waals surface area contributed by atoms with Crippen LogP contribution in [-0.4, -0.2) is 29.6 Å². The summed E-state index contributed by atoms with van der Waals surface area (Å²) in [5, 5.41) is 3.31. The average molecular weight is 671 g/mol. The maximum Gasteiger partial charge on any atom is 0.318 e. The first-order valence-electron chi connectivity index (χ1n) is 22.0. The minimum Gasteiger partial charge on any atom is -0.338 e. The van der Waals surface area contributed by atoms with E-state index in [0.29, 0.717) is 5.92 Å². The number of nitrogens with zero attached hydrogens (tertiary/aromatic N) is 1. The Labute approximate surface area is 302 Å². The fourth-order valence-electron chi connectivity index (χ4n) is 7.51. The molecule has 0 radical (unpaired) electrons. The van der Waals surface area contributed by atoms with Crippen molar-refractivity contribution in [2.75, 3.05) is 13.1 Å². The number of unbranched alkanes of at least 4 members (excludes halogenated alkanes) is 30. The molecule has 1 rings (SSSR count). The van der Waals surface area contributed by atoms with E-state index in [1.165, 1.54) is 193 Å². The molecule has 2 unspecified atom stereocenters. The number of urea groups is 1. The zero-order valence-electron chi connectivity index (χ0n) is 33.3. The fourth-order valence-corrected chi connectivity index (χ4v) is 7.51. The van der Waals surface area contributed by atoms with Gasteiger partial charge >= 0.3 is 6.03 Å². The topological polar surface area (TPSA) is 32.3 Å². The minimum absolute atomic E-state index is 0.131. The third-order valence-electron chi connectivity index (χ3n) is 11.2. The average Bonchev–Trinajstić information content (AvgIpc) is 3.08. The molecule has 3 nitrogen and oxygen atoms in total. The Morgan fingerprint density at radius 2 is 0.854 bits per heavy atom. The van der Waals surface area contributed by atoms with Gasteiger partial charge in [-0.3, -0.25) is 0 Å². The second-order valence-electron chi connectivity index (χ2n) is 15.7. The molecule has 0 aromatic rings. The molecule has 2 atom stereocenters. The molecule has 0 aromatic carbocycles. The van der Waals surface area contributed by atoms with E-state index < -0.39 is 0 Å². The van der Waals surface area contributed by atoms with Crippen LogP contribution in [0.5, 0.6) is 0 Å². The van der Waals surface area contributed by atoms with Crippen LogP contribution in [0.1, 0.15) is 233 Å². The van der Waals surface area contributed by atoms with E-state index in [1.54, 1.807) is 0 Å². The van der Waals surface area contributed by atoms with Gasteiger partial charge in [-0.2, -0.15) is 0 Å². The van der Waals surface area contributed by atoms with Gasteiger partial charge in [-0.25, -0.2) is 4.79 Å². The van der Waals surface area contributed by atoms with Gasteiger partial charge in [0.2, 0.25) is 0 Å². The number of hydrogen-bond donors (Lipinski definition) is 1. The van der Waals surface area contributed by atoms with E-state index in [0.717, 1.165) is 25.9 Å². The van der Waals surface area contributed by atoms with Gasteiger partial charge in [0.25, 0.3) is 0 Å².